The van der Waals surface area contributed by atoms with Crippen LogP contribution in [0.1, 0.15) is 28.6 Å². The van der Waals surface area contributed by atoms with E-state index in [-0.39, 0.29) is 23.5 Å². The smallest absolute Gasteiger partial charge is 0.273 e. The number of fused-ring (bicyclic) bond motifs is 1. The summed E-state index contributed by atoms with van der Waals surface area (Å²) in [5.74, 6) is 0.409. The molecule has 1 amide bonds. The Morgan fingerprint density at radius 2 is 2.07 bits per heavy atom. The summed E-state index contributed by atoms with van der Waals surface area (Å²) in [5.41, 5.74) is 2.10. The van der Waals surface area contributed by atoms with Crippen molar-refractivity contribution in [3.8, 4) is 0 Å². The number of carbonyl (C=O) groups excluding carboxylic acids is 1. The molecule has 9 heteroatoms. The van der Waals surface area contributed by atoms with Crippen LogP contribution in [0.4, 0.5) is 5.82 Å². The number of nitrogens with one attached hydrogen (secondary N) is 1. The first kappa shape index (κ1) is 18.1. The fourth-order valence-electron chi connectivity index (χ4n) is 3.58. The van der Waals surface area contributed by atoms with Gasteiger partial charge < -0.3 is 9.88 Å². The van der Waals surface area contributed by atoms with Crippen LogP contribution in [0.3, 0.4) is 0 Å². The summed E-state index contributed by atoms with van der Waals surface area (Å²) in [4.78, 5) is 12.9. The number of rotatable bonds is 3. The molecule has 0 spiro atoms. The Balaban J connectivity index is 1.65. The number of aryl methyl sites for hydroxylation is 2. The Morgan fingerprint density at radius 3 is 2.78 bits per heavy atom. The molecule has 142 valence electrons. The molecule has 0 bridgehead atoms. The Labute approximate surface area is 161 Å². The predicted molar refractivity (Wildman–Crippen MR) is 105 cm³/mol. The van der Waals surface area contributed by atoms with Crippen molar-refractivity contribution in [2.24, 2.45) is 7.05 Å². The van der Waals surface area contributed by atoms with Crippen molar-refractivity contribution in [3.63, 3.8) is 0 Å². The van der Waals surface area contributed by atoms with Crippen molar-refractivity contribution in [2.75, 3.05) is 16.8 Å². The second-order valence-corrected chi connectivity index (χ2v) is 9.58. The minimum Gasteiger partial charge on any atom is -0.340 e. The molecule has 0 radical (unpaired) electrons. The molecule has 2 aromatic heterocycles. The SMILES string of the molecule is Cc1cc(NC(=O)c2cc3cc(Cl)ccc3n2C)n(C2CCS(=O)(=O)C2)n1. The zero-order valence-electron chi connectivity index (χ0n) is 14.9. The summed E-state index contributed by atoms with van der Waals surface area (Å²) < 4.78 is 27.0. The lowest BCUT2D eigenvalue weighted by atomic mass is 10.2. The van der Waals surface area contributed by atoms with E-state index in [1.54, 1.807) is 27.4 Å². The van der Waals surface area contributed by atoms with Crippen LogP contribution in [0.2, 0.25) is 5.02 Å². The van der Waals surface area contributed by atoms with Crippen LogP contribution < -0.4 is 5.32 Å². The van der Waals surface area contributed by atoms with E-state index in [9.17, 15) is 13.2 Å². The number of aromatic nitrogens is 3. The van der Waals surface area contributed by atoms with Gasteiger partial charge in [0.25, 0.3) is 5.91 Å². The number of carbonyl (C=O) groups is 1. The monoisotopic (exact) mass is 406 g/mol. The van der Waals surface area contributed by atoms with Gasteiger partial charge in [0.15, 0.2) is 9.84 Å². The number of sulfone groups is 1. The molecule has 7 nitrogen and oxygen atoms in total. The maximum atomic E-state index is 12.9. The maximum Gasteiger partial charge on any atom is 0.273 e. The Kier molecular flexibility index (Phi) is 4.27. The van der Waals surface area contributed by atoms with Gasteiger partial charge in [0.05, 0.1) is 23.2 Å². The van der Waals surface area contributed by atoms with E-state index >= 15 is 0 Å². The standard InChI is InChI=1S/C18H19ClN4O3S/c1-11-7-17(23(21-11)14-5-6-27(25,26)10-14)20-18(24)16-9-12-8-13(19)3-4-15(12)22(16)2/h3-4,7-9,14H,5-6,10H2,1-2H3,(H,20,24). The third kappa shape index (κ3) is 3.35. The molecule has 1 unspecified atom stereocenters. The lowest BCUT2D eigenvalue weighted by molar-refractivity contribution is 0.101. The molecule has 0 saturated carbocycles. The Bertz CT molecular complexity index is 1160. The van der Waals surface area contributed by atoms with Crippen molar-refractivity contribution >= 4 is 44.1 Å². The van der Waals surface area contributed by atoms with Crippen LogP contribution in [-0.2, 0) is 16.9 Å². The number of anilines is 1. The number of amides is 1. The molecule has 3 heterocycles. The van der Waals surface area contributed by atoms with Gasteiger partial charge in [0, 0.05) is 29.0 Å². The second kappa shape index (κ2) is 6.38. The van der Waals surface area contributed by atoms with Crippen molar-refractivity contribution in [1.29, 1.82) is 0 Å². The average molecular weight is 407 g/mol. The van der Waals surface area contributed by atoms with Gasteiger partial charge >= 0.3 is 0 Å². The van der Waals surface area contributed by atoms with Crippen LogP contribution in [0.15, 0.2) is 30.3 Å². The minimum atomic E-state index is -3.05. The van der Waals surface area contributed by atoms with Crippen molar-refractivity contribution < 1.29 is 13.2 Å². The number of benzene rings is 1. The van der Waals surface area contributed by atoms with Crippen LogP contribution in [0.5, 0.6) is 0 Å². The first-order chi connectivity index (χ1) is 12.7. The predicted octanol–water partition coefficient (Wildman–Crippen LogP) is 2.95. The lowest BCUT2D eigenvalue weighted by Crippen LogP contribution is -2.21. The van der Waals surface area contributed by atoms with Crippen LogP contribution >= 0.6 is 11.6 Å². The zero-order valence-corrected chi connectivity index (χ0v) is 16.5. The largest absolute Gasteiger partial charge is 0.340 e. The lowest BCUT2D eigenvalue weighted by Gasteiger charge is -2.14. The molecular weight excluding hydrogens is 388 g/mol. The minimum absolute atomic E-state index is 0.0452. The molecule has 1 aliphatic rings. The molecule has 4 rings (SSSR count). The zero-order chi connectivity index (χ0) is 19.3. The van der Waals surface area contributed by atoms with Gasteiger partial charge in [0.2, 0.25) is 0 Å². The average Bonchev–Trinajstić information content (AvgIpc) is 3.23. The van der Waals surface area contributed by atoms with E-state index in [4.69, 9.17) is 11.6 Å². The van der Waals surface area contributed by atoms with Crippen molar-refractivity contribution in [1.82, 2.24) is 14.3 Å². The molecule has 1 fully saturated rings. The van der Waals surface area contributed by atoms with E-state index in [1.165, 1.54) is 0 Å². The number of halogens is 1. The summed E-state index contributed by atoms with van der Waals surface area (Å²) in [6.45, 7) is 1.81. The second-order valence-electron chi connectivity index (χ2n) is 6.92. The quantitative estimate of drug-likeness (QED) is 0.724. The summed E-state index contributed by atoms with van der Waals surface area (Å²) in [6.07, 6.45) is 0.499. The third-order valence-electron chi connectivity index (χ3n) is 4.89. The number of hydrogen-bond acceptors (Lipinski definition) is 4. The highest BCUT2D eigenvalue weighted by Crippen LogP contribution is 2.28. The van der Waals surface area contributed by atoms with E-state index in [0.29, 0.717) is 23.0 Å². The molecule has 1 saturated heterocycles. The molecule has 27 heavy (non-hydrogen) atoms. The van der Waals surface area contributed by atoms with Gasteiger partial charge in [0.1, 0.15) is 11.5 Å². The summed E-state index contributed by atoms with van der Waals surface area (Å²) in [6, 6.07) is 8.74. The van der Waals surface area contributed by atoms with Crippen LogP contribution in [0, 0.1) is 6.92 Å². The van der Waals surface area contributed by atoms with E-state index < -0.39 is 9.84 Å². The topological polar surface area (TPSA) is 86.0 Å². The fourth-order valence-corrected chi connectivity index (χ4v) is 5.45. The molecule has 0 aliphatic carbocycles. The Morgan fingerprint density at radius 1 is 1.30 bits per heavy atom. The summed E-state index contributed by atoms with van der Waals surface area (Å²) in [5, 5.41) is 8.76. The first-order valence-corrected chi connectivity index (χ1v) is 10.8. The summed E-state index contributed by atoms with van der Waals surface area (Å²) in [7, 11) is -1.23. The fraction of sp³-hybridized carbons (Fsp3) is 0.333. The maximum absolute atomic E-state index is 12.9. The highest BCUT2D eigenvalue weighted by atomic mass is 35.5. The normalized spacial score (nSPS) is 18.9. The molecule has 1 N–H and O–H groups in total. The van der Waals surface area contributed by atoms with E-state index in [0.717, 1.165) is 16.6 Å². The first-order valence-electron chi connectivity index (χ1n) is 8.56. The van der Waals surface area contributed by atoms with Crippen molar-refractivity contribution in [3.05, 3.63) is 46.7 Å². The van der Waals surface area contributed by atoms with Gasteiger partial charge in [-0.05, 0) is 37.6 Å². The van der Waals surface area contributed by atoms with Crippen LogP contribution in [-0.4, -0.2) is 40.2 Å². The molecule has 3 aromatic rings. The molecule has 1 atom stereocenters. The highest BCUT2D eigenvalue weighted by Gasteiger charge is 2.31. The van der Waals surface area contributed by atoms with Crippen LogP contribution in [0.25, 0.3) is 10.9 Å². The molecule has 1 aliphatic heterocycles. The van der Waals surface area contributed by atoms with Crippen molar-refractivity contribution in [2.45, 2.75) is 19.4 Å². The Hall–Kier alpha value is -2.32. The van der Waals surface area contributed by atoms with Gasteiger partial charge in [-0.1, -0.05) is 11.6 Å². The van der Waals surface area contributed by atoms with Gasteiger partial charge in [-0.25, -0.2) is 13.1 Å². The van der Waals surface area contributed by atoms with Gasteiger partial charge in [-0.2, -0.15) is 5.10 Å². The van der Waals surface area contributed by atoms with Gasteiger partial charge in [-0.3, -0.25) is 4.79 Å². The number of nitrogens with zero attached hydrogens (tertiary/aromatic N) is 3. The number of hydrogen-bond donors (Lipinski definition) is 1. The van der Waals surface area contributed by atoms with E-state index in [1.807, 2.05) is 26.1 Å². The third-order valence-corrected chi connectivity index (χ3v) is 6.88. The molecule has 1 aromatic carbocycles. The summed E-state index contributed by atoms with van der Waals surface area (Å²) >= 11 is 6.04. The van der Waals surface area contributed by atoms with E-state index in [2.05, 4.69) is 10.4 Å². The molecular formula is C18H19ClN4O3S. The highest BCUT2D eigenvalue weighted by molar-refractivity contribution is 7.91. The van der Waals surface area contributed by atoms with Gasteiger partial charge in [-0.15, -0.1) is 0 Å².